The molecule has 196 valence electrons. The third-order valence-electron chi connectivity index (χ3n) is 6.27. The fourth-order valence-corrected chi connectivity index (χ4v) is 4.70. The Labute approximate surface area is 223 Å². The molecule has 2 heterocycles. The Morgan fingerprint density at radius 1 is 1.19 bits per heavy atom. The largest absolute Gasteiger partial charge is 0.366 e. The molecule has 0 radical (unpaired) electrons. The van der Waals surface area contributed by atoms with Crippen molar-refractivity contribution < 1.29 is 4.79 Å². The lowest BCUT2D eigenvalue weighted by atomic mass is 10.1. The van der Waals surface area contributed by atoms with Crippen LogP contribution in [0.2, 0.25) is 5.02 Å². The number of rotatable bonds is 10. The second-order valence-electron chi connectivity index (χ2n) is 10.1. The maximum Gasteiger partial charge on any atom is 0.248 e. The van der Waals surface area contributed by atoms with Gasteiger partial charge in [-0.15, -0.1) is 0 Å². The zero-order valence-electron chi connectivity index (χ0n) is 21.8. The van der Waals surface area contributed by atoms with Gasteiger partial charge in [0.1, 0.15) is 0 Å². The second kappa shape index (κ2) is 11.7. The van der Waals surface area contributed by atoms with E-state index in [4.69, 9.17) is 22.3 Å². The van der Waals surface area contributed by atoms with Gasteiger partial charge in [0, 0.05) is 55.5 Å². The van der Waals surface area contributed by atoms with Gasteiger partial charge in [-0.05, 0) is 54.7 Å². The SMILES string of the molecule is Cc1ccc(C(N)=O)cc1Nc1nc(N[C@@H]2CCN(Cc3cccc(Cl)c3)C2)nc(N(C)CC(C)C)n1. The lowest BCUT2D eigenvalue weighted by Crippen LogP contribution is -2.28. The molecule has 37 heavy (non-hydrogen) atoms. The molecule has 0 unspecified atom stereocenters. The molecule has 4 rings (SSSR count). The van der Waals surface area contributed by atoms with Gasteiger partial charge in [0.05, 0.1) is 0 Å². The number of primary amides is 1. The van der Waals surface area contributed by atoms with Crippen LogP contribution in [0, 0.1) is 12.8 Å². The zero-order chi connectivity index (χ0) is 26.5. The number of nitrogens with one attached hydrogen (secondary N) is 2. The van der Waals surface area contributed by atoms with Crippen molar-refractivity contribution in [3.63, 3.8) is 0 Å². The van der Waals surface area contributed by atoms with E-state index in [0.29, 0.717) is 29.3 Å². The average molecular weight is 523 g/mol. The van der Waals surface area contributed by atoms with Gasteiger partial charge >= 0.3 is 0 Å². The molecular weight excluding hydrogens is 488 g/mol. The fourth-order valence-electron chi connectivity index (χ4n) is 4.49. The number of likely N-dealkylation sites (tertiary alicyclic amines) is 1. The van der Waals surface area contributed by atoms with E-state index in [2.05, 4.69) is 45.4 Å². The van der Waals surface area contributed by atoms with Gasteiger partial charge in [-0.2, -0.15) is 15.0 Å². The van der Waals surface area contributed by atoms with Crippen molar-refractivity contribution in [3.8, 4) is 0 Å². The number of aryl methyl sites for hydroxylation is 1. The van der Waals surface area contributed by atoms with Crippen LogP contribution in [0.3, 0.4) is 0 Å². The van der Waals surface area contributed by atoms with Crippen molar-refractivity contribution in [2.24, 2.45) is 11.7 Å². The molecule has 1 saturated heterocycles. The summed E-state index contributed by atoms with van der Waals surface area (Å²) in [7, 11) is 1.98. The number of amides is 1. The van der Waals surface area contributed by atoms with Crippen LogP contribution in [0.25, 0.3) is 0 Å². The van der Waals surface area contributed by atoms with Gasteiger partial charge in [0.15, 0.2) is 0 Å². The first kappa shape index (κ1) is 26.6. The molecule has 3 aromatic rings. The Hall–Kier alpha value is -3.43. The van der Waals surface area contributed by atoms with Gasteiger partial charge < -0.3 is 21.3 Å². The van der Waals surface area contributed by atoms with Crippen LogP contribution >= 0.6 is 11.6 Å². The second-order valence-corrected chi connectivity index (χ2v) is 10.5. The summed E-state index contributed by atoms with van der Waals surface area (Å²) < 4.78 is 0. The number of aromatic nitrogens is 3. The number of hydrogen-bond acceptors (Lipinski definition) is 8. The molecule has 1 atom stereocenters. The number of benzene rings is 2. The summed E-state index contributed by atoms with van der Waals surface area (Å²) in [6.45, 7) is 9.75. The van der Waals surface area contributed by atoms with E-state index in [1.54, 1.807) is 12.1 Å². The Morgan fingerprint density at radius 3 is 2.70 bits per heavy atom. The van der Waals surface area contributed by atoms with Crippen LogP contribution in [-0.2, 0) is 6.54 Å². The Bertz CT molecular complexity index is 1250. The smallest absolute Gasteiger partial charge is 0.248 e. The van der Waals surface area contributed by atoms with Crippen LogP contribution < -0.4 is 21.3 Å². The summed E-state index contributed by atoms with van der Waals surface area (Å²) in [4.78, 5) is 30.2. The van der Waals surface area contributed by atoms with E-state index in [9.17, 15) is 4.79 Å². The van der Waals surface area contributed by atoms with Crippen molar-refractivity contribution in [1.29, 1.82) is 0 Å². The minimum absolute atomic E-state index is 0.206. The third-order valence-corrected chi connectivity index (χ3v) is 6.51. The van der Waals surface area contributed by atoms with Crippen LogP contribution in [0.5, 0.6) is 0 Å². The van der Waals surface area contributed by atoms with Crippen LogP contribution in [-0.4, -0.2) is 58.5 Å². The maximum absolute atomic E-state index is 11.7. The van der Waals surface area contributed by atoms with Crippen molar-refractivity contribution >= 4 is 41.0 Å². The Morgan fingerprint density at radius 2 is 1.97 bits per heavy atom. The molecule has 4 N–H and O–H groups in total. The predicted octanol–water partition coefficient (Wildman–Crippen LogP) is 4.45. The molecule has 0 aliphatic carbocycles. The number of nitrogens with zero attached hydrogens (tertiary/aromatic N) is 5. The molecule has 1 amide bonds. The first-order valence-corrected chi connectivity index (χ1v) is 12.9. The summed E-state index contributed by atoms with van der Waals surface area (Å²) in [5.74, 6) is 1.45. The Balaban J connectivity index is 1.53. The number of nitrogens with two attached hydrogens (primary N) is 1. The molecule has 0 spiro atoms. The van der Waals surface area contributed by atoms with Crippen molar-refractivity contribution in [2.45, 2.75) is 39.8 Å². The summed E-state index contributed by atoms with van der Waals surface area (Å²) in [5, 5.41) is 7.54. The van der Waals surface area contributed by atoms with Gasteiger partial charge in [0.25, 0.3) is 0 Å². The quantitative estimate of drug-likeness (QED) is 0.358. The number of carbonyl (C=O) groups excluding carboxylic acids is 1. The molecule has 1 aliphatic heterocycles. The van der Waals surface area contributed by atoms with Crippen molar-refractivity contribution in [1.82, 2.24) is 19.9 Å². The van der Waals surface area contributed by atoms with E-state index in [1.165, 1.54) is 5.56 Å². The summed E-state index contributed by atoms with van der Waals surface area (Å²) in [5.41, 5.74) is 8.77. The van der Waals surface area contributed by atoms with Gasteiger partial charge in [0.2, 0.25) is 23.8 Å². The van der Waals surface area contributed by atoms with Crippen molar-refractivity contribution in [3.05, 3.63) is 64.2 Å². The number of anilines is 4. The molecule has 0 saturated carbocycles. The normalized spacial score (nSPS) is 15.7. The first-order valence-electron chi connectivity index (χ1n) is 12.5. The minimum Gasteiger partial charge on any atom is -0.366 e. The van der Waals surface area contributed by atoms with Crippen molar-refractivity contribution in [2.75, 3.05) is 42.2 Å². The van der Waals surface area contributed by atoms with E-state index in [0.717, 1.165) is 48.9 Å². The monoisotopic (exact) mass is 522 g/mol. The number of hydrogen-bond donors (Lipinski definition) is 3. The van der Waals surface area contributed by atoms with Crippen LogP contribution in [0.4, 0.5) is 23.5 Å². The number of carbonyl (C=O) groups is 1. The lowest BCUT2D eigenvalue weighted by Gasteiger charge is -2.22. The fraction of sp³-hybridized carbons (Fsp3) is 0.407. The predicted molar refractivity (Wildman–Crippen MR) is 150 cm³/mol. The van der Waals surface area contributed by atoms with E-state index in [1.807, 2.05) is 43.1 Å². The molecule has 1 aromatic heterocycles. The summed E-state index contributed by atoms with van der Waals surface area (Å²) in [6.07, 6.45) is 0.978. The summed E-state index contributed by atoms with van der Waals surface area (Å²) in [6, 6.07) is 13.5. The maximum atomic E-state index is 11.7. The highest BCUT2D eigenvalue weighted by Gasteiger charge is 2.24. The molecule has 2 aromatic carbocycles. The van der Waals surface area contributed by atoms with Crippen LogP contribution in [0.15, 0.2) is 42.5 Å². The Kier molecular flexibility index (Phi) is 8.45. The first-order chi connectivity index (χ1) is 17.7. The molecule has 0 bridgehead atoms. The van der Waals surface area contributed by atoms with Gasteiger partial charge in [-0.1, -0.05) is 43.6 Å². The molecular formula is C27H35ClN8O. The number of halogens is 1. The van der Waals surface area contributed by atoms with Crippen LogP contribution in [0.1, 0.15) is 41.8 Å². The van der Waals surface area contributed by atoms with Gasteiger partial charge in [-0.25, -0.2) is 0 Å². The van der Waals surface area contributed by atoms with Gasteiger partial charge in [-0.3, -0.25) is 9.69 Å². The average Bonchev–Trinajstić information content (AvgIpc) is 3.26. The highest BCUT2D eigenvalue weighted by molar-refractivity contribution is 6.30. The molecule has 1 aliphatic rings. The molecule has 1 fully saturated rings. The highest BCUT2D eigenvalue weighted by atomic mass is 35.5. The highest BCUT2D eigenvalue weighted by Crippen LogP contribution is 2.24. The van der Waals surface area contributed by atoms with E-state index in [-0.39, 0.29) is 6.04 Å². The van der Waals surface area contributed by atoms with E-state index < -0.39 is 5.91 Å². The molecule has 9 nitrogen and oxygen atoms in total. The topological polar surface area (TPSA) is 112 Å². The standard InChI is InChI=1S/C27H35ClN8O/c1-17(2)14-35(4)27-33-25(30-22-10-11-36(16-22)15-19-6-5-7-21(28)12-19)32-26(34-27)31-23-13-20(24(29)37)9-8-18(23)3/h5-9,12-13,17,22H,10-11,14-16H2,1-4H3,(H2,29,37)(H2,30,31,32,33,34)/t22-/m1/s1. The zero-order valence-corrected chi connectivity index (χ0v) is 22.6. The third kappa shape index (κ3) is 7.30. The summed E-state index contributed by atoms with van der Waals surface area (Å²) >= 11 is 6.16. The van der Waals surface area contributed by atoms with E-state index >= 15 is 0 Å². The lowest BCUT2D eigenvalue weighted by molar-refractivity contribution is 0.100. The minimum atomic E-state index is -0.484. The molecule has 10 heteroatoms.